The van der Waals surface area contributed by atoms with Crippen LogP contribution in [0.4, 0.5) is 0 Å². The molecule has 6 atom stereocenters. The van der Waals surface area contributed by atoms with Crippen LogP contribution >= 0.6 is 0 Å². The van der Waals surface area contributed by atoms with Crippen LogP contribution in [0, 0.1) is 30.1 Å². The smallest absolute Gasteiger partial charge is 0.217 e. The molecule has 4 nitrogen and oxygen atoms in total. The van der Waals surface area contributed by atoms with Crippen molar-refractivity contribution in [2.45, 2.75) is 78.2 Å². The summed E-state index contributed by atoms with van der Waals surface area (Å²) in [6.45, 7) is 8.43. The number of nitrogens with one attached hydrogen (secondary N) is 1. The highest BCUT2D eigenvalue weighted by Gasteiger charge is 2.56. The third-order valence-electron chi connectivity index (χ3n) is 8.50. The number of carbonyl (C=O) groups excluding carboxylic acids is 1. The van der Waals surface area contributed by atoms with E-state index in [4.69, 9.17) is 4.74 Å². The van der Waals surface area contributed by atoms with Crippen molar-refractivity contribution in [2.75, 3.05) is 7.11 Å². The van der Waals surface area contributed by atoms with Gasteiger partial charge < -0.3 is 15.2 Å². The number of ether oxygens (including phenoxy) is 1. The van der Waals surface area contributed by atoms with Gasteiger partial charge in [0.1, 0.15) is 0 Å². The number of aromatic hydroxyl groups is 1. The van der Waals surface area contributed by atoms with E-state index in [0.717, 1.165) is 17.9 Å². The molecule has 154 valence electrons. The molecular weight excluding hydrogens is 350 g/mol. The highest BCUT2D eigenvalue weighted by atomic mass is 16.5. The molecule has 3 aliphatic rings. The van der Waals surface area contributed by atoms with E-state index in [9.17, 15) is 9.90 Å². The van der Waals surface area contributed by atoms with E-state index >= 15 is 0 Å². The Morgan fingerprint density at radius 3 is 2.75 bits per heavy atom. The molecule has 4 rings (SSSR count). The van der Waals surface area contributed by atoms with E-state index in [1.165, 1.54) is 43.2 Å². The van der Waals surface area contributed by atoms with Gasteiger partial charge in [-0.05, 0) is 104 Å². The zero-order valence-electron chi connectivity index (χ0n) is 18.0. The summed E-state index contributed by atoms with van der Waals surface area (Å²) in [7, 11) is 1.65. The SMILES string of the molecule is COc1c(O)cc2c(c1C)[C@H]1CC[C@@]3(C)[C@@H](CC[C@H]3[C@H](C)NC(C)=O)[C@@H]1CC2. The number of phenols is 1. The van der Waals surface area contributed by atoms with Crippen LogP contribution in [0.3, 0.4) is 0 Å². The topological polar surface area (TPSA) is 58.6 Å². The van der Waals surface area contributed by atoms with Gasteiger partial charge in [0, 0.05) is 13.0 Å². The maximum atomic E-state index is 11.6. The van der Waals surface area contributed by atoms with Crippen LogP contribution in [-0.2, 0) is 11.2 Å². The fourth-order valence-electron chi connectivity index (χ4n) is 7.50. The van der Waals surface area contributed by atoms with Crippen molar-refractivity contribution in [3.05, 3.63) is 22.8 Å². The second-order valence-corrected chi connectivity index (χ2v) is 9.76. The van der Waals surface area contributed by atoms with Gasteiger partial charge in [0.05, 0.1) is 7.11 Å². The predicted octanol–water partition coefficient (Wildman–Crippen LogP) is 4.71. The van der Waals surface area contributed by atoms with E-state index in [0.29, 0.717) is 28.9 Å². The lowest BCUT2D eigenvalue weighted by atomic mass is 9.53. The van der Waals surface area contributed by atoms with E-state index < -0.39 is 0 Å². The number of benzene rings is 1. The Kier molecular flexibility index (Phi) is 4.87. The second-order valence-electron chi connectivity index (χ2n) is 9.76. The number of hydrogen-bond acceptors (Lipinski definition) is 3. The molecule has 3 aliphatic carbocycles. The fourth-order valence-corrected chi connectivity index (χ4v) is 7.50. The van der Waals surface area contributed by atoms with Crippen molar-refractivity contribution >= 4 is 5.91 Å². The number of methoxy groups -OCH3 is 1. The Bertz CT molecular complexity index is 789. The number of hydrogen-bond donors (Lipinski definition) is 2. The Hall–Kier alpha value is -1.71. The third-order valence-corrected chi connectivity index (χ3v) is 8.50. The second kappa shape index (κ2) is 6.96. The van der Waals surface area contributed by atoms with Crippen molar-refractivity contribution in [3.63, 3.8) is 0 Å². The maximum Gasteiger partial charge on any atom is 0.217 e. The molecule has 28 heavy (non-hydrogen) atoms. The van der Waals surface area contributed by atoms with Gasteiger partial charge in [0.2, 0.25) is 5.91 Å². The lowest BCUT2D eigenvalue weighted by Gasteiger charge is -2.52. The normalized spacial score (nSPS) is 34.8. The van der Waals surface area contributed by atoms with Gasteiger partial charge in [-0.25, -0.2) is 0 Å². The van der Waals surface area contributed by atoms with Crippen LogP contribution in [-0.4, -0.2) is 24.2 Å². The molecule has 2 N–H and O–H groups in total. The van der Waals surface area contributed by atoms with Crippen molar-refractivity contribution < 1.29 is 14.6 Å². The molecule has 2 fully saturated rings. The summed E-state index contributed by atoms with van der Waals surface area (Å²) >= 11 is 0. The maximum absolute atomic E-state index is 11.6. The van der Waals surface area contributed by atoms with Gasteiger partial charge in [0.15, 0.2) is 11.5 Å². The number of amides is 1. The average Bonchev–Trinajstić information content (AvgIpc) is 2.98. The summed E-state index contributed by atoms with van der Waals surface area (Å²) in [5, 5.41) is 13.5. The Balaban J connectivity index is 1.66. The lowest BCUT2D eigenvalue weighted by molar-refractivity contribution is -0.120. The van der Waals surface area contributed by atoms with Crippen LogP contribution in [0.15, 0.2) is 6.07 Å². The predicted molar refractivity (Wildman–Crippen MR) is 111 cm³/mol. The van der Waals surface area contributed by atoms with Crippen LogP contribution in [0.25, 0.3) is 0 Å². The van der Waals surface area contributed by atoms with Crippen LogP contribution < -0.4 is 10.1 Å². The molecule has 0 bridgehead atoms. The van der Waals surface area contributed by atoms with Crippen molar-refractivity contribution in [1.82, 2.24) is 5.32 Å². The first-order valence-corrected chi connectivity index (χ1v) is 10.9. The number of fused-ring (bicyclic) bond motifs is 5. The van der Waals surface area contributed by atoms with Crippen molar-refractivity contribution in [1.29, 1.82) is 0 Å². The highest BCUT2D eigenvalue weighted by Crippen LogP contribution is 2.64. The average molecular weight is 386 g/mol. The van der Waals surface area contributed by atoms with E-state index in [2.05, 4.69) is 26.1 Å². The minimum Gasteiger partial charge on any atom is -0.504 e. The molecule has 0 aromatic heterocycles. The quantitative estimate of drug-likeness (QED) is 0.792. The number of rotatable bonds is 3. The van der Waals surface area contributed by atoms with Gasteiger partial charge in [-0.15, -0.1) is 0 Å². The monoisotopic (exact) mass is 385 g/mol. The van der Waals surface area contributed by atoms with Gasteiger partial charge in [-0.1, -0.05) is 6.92 Å². The molecule has 0 aliphatic heterocycles. The zero-order valence-corrected chi connectivity index (χ0v) is 18.0. The van der Waals surface area contributed by atoms with E-state index in [1.807, 2.05) is 6.07 Å². The molecule has 0 spiro atoms. The Morgan fingerprint density at radius 1 is 1.32 bits per heavy atom. The van der Waals surface area contributed by atoms with Crippen LogP contribution in [0.2, 0.25) is 0 Å². The molecule has 0 saturated heterocycles. The minimum absolute atomic E-state index is 0.0855. The molecular formula is C24H35NO3. The van der Waals surface area contributed by atoms with E-state index in [-0.39, 0.29) is 17.7 Å². The van der Waals surface area contributed by atoms with Gasteiger partial charge in [-0.3, -0.25) is 4.79 Å². The van der Waals surface area contributed by atoms with Gasteiger partial charge in [-0.2, -0.15) is 0 Å². The molecule has 0 unspecified atom stereocenters. The first-order chi connectivity index (χ1) is 13.3. The molecule has 0 radical (unpaired) electrons. The Morgan fingerprint density at radius 2 is 2.07 bits per heavy atom. The number of carbonyl (C=O) groups is 1. The third kappa shape index (κ3) is 2.83. The zero-order chi connectivity index (χ0) is 20.2. The highest BCUT2D eigenvalue weighted by molar-refractivity contribution is 5.73. The first-order valence-electron chi connectivity index (χ1n) is 10.9. The first kappa shape index (κ1) is 19.6. The van der Waals surface area contributed by atoms with Crippen LogP contribution in [0.5, 0.6) is 11.5 Å². The lowest BCUT2D eigenvalue weighted by Crippen LogP contribution is -2.48. The molecule has 2 saturated carbocycles. The Labute approximate surface area is 169 Å². The molecule has 4 heteroatoms. The molecule has 1 amide bonds. The van der Waals surface area contributed by atoms with Crippen LogP contribution in [0.1, 0.15) is 75.5 Å². The largest absolute Gasteiger partial charge is 0.504 e. The van der Waals surface area contributed by atoms with Crippen molar-refractivity contribution in [2.24, 2.45) is 23.2 Å². The molecule has 1 aromatic carbocycles. The summed E-state index contributed by atoms with van der Waals surface area (Å²) in [6.07, 6.45) is 7.17. The van der Waals surface area contributed by atoms with Crippen molar-refractivity contribution in [3.8, 4) is 11.5 Å². The summed E-state index contributed by atoms with van der Waals surface area (Å²) in [5.41, 5.74) is 4.22. The summed E-state index contributed by atoms with van der Waals surface area (Å²) < 4.78 is 5.52. The molecule has 1 aromatic rings. The summed E-state index contributed by atoms with van der Waals surface area (Å²) in [6, 6.07) is 2.19. The van der Waals surface area contributed by atoms with E-state index in [1.54, 1.807) is 14.0 Å². The minimum atomic E-state index is 0.0855. The van der Waals surface area contributed by atoms with Gasteiger partial charge >= 0.3 is 0 Å². The standard InChI is InChI=1S/C24H35NO3/c1-13-22-16(12-21(27)23(13)28-5)6-7-17-18(22)10-11-24(4)19(8-9-20(17)24)14(2)25-15(3)26/h12,14,17-20,27H,6-11H2,1-5H3,(H,25,26)/t14-,17+,18-,19-,20-,24+/m0/s1. The number of aryl methyl sites for hydroxylation is 1. The summed E-state index contributed by atoms with van der Waals surface area (Å²) in [4.78, 5) is 11.6. The number of phenolic OH excluding ortho intramolecular Hbond substituents is 1. The van der Waals surface area contributed by atoms with Gasteiger partial charge in [0.25, 0.3) is 0 Å². The fraction of sp³-hybridized carbons (Fsp3) is 0.708. The molecule has 0 heterocycles. The summed E-state index contributed by atoms with van der Waals surface area (Å²) in [5.74, 6) is 3.58.